The van der Waals surface area contributed by atoms with E-state index in [2.05, 4.69) is 11.9 Å². The molecule has 7 nitrogen and oxygen atoms in total. The number of ether oxygens (including phenoxy) is 3. The number of esters is 2. The first-order chi connectivity index (χ1) is 15.3. The zero-order valence-corrected chi connectivity index (χ0v) is 20.0. The number of rotatable bonds is 8. The van der Waals surface area contributed by atoms with Crippen molar-refractivity contribution in [2.45, 2.75) is 13.8 Å². The molecule has 0 unspecified atom stereocenters. The second kappa shape index (κ2) is 10.2. The molecule has 2 heterocycles. The van der Waals surface area contributed by atoms with Crippen LogP contribution in [-0.2, 0) is 9.47 Å². The Morgan fingerprint density at radius 3 is 2.56 bits per heavy atom. The third-order valence-corrected chi connectivity index (χ3v) is 7.27. The van der Waals surface area contributed by atoms with Gasteiger partial charge in [0.05, 0.1) is 24.3 Å². The van der Waals surface area contributed by atoms with Gasteiger partial charge in [-0.3, -0.25) is 4.79 Å². The van der Waals surface area contributed by atoms with Crippen molar-refractivity contribution in [1.82, 2.24) is 0 Å². The summed E-state index contributed by atoms with van der Waals surface area (Å²) < 4.78 is 16.2. The number of hydrogen-bond donors (Lipinski definition) is 1. The lowest BCUT2D eigenvalue weighted by Crippen LogP contribution is -2.14. The summed E-state index contributed by atoms with van der Waals surface area (Å²) in [6, 6.07) is 5.34. The Bertz CT molecular complexity index is 1210. The molecule has 0 aliphatic heterocycles. The van der Waals surface area contributed by atoms with Gasteiger partial charge in [0.15, 0.2) is 0 Å². The van der Waals surface area contributed by atoms with Crippen LogP contribution in [0.5, 0.6) is 5.75 Å². The van der Waals surface area contributed by atoms with Crippen molar-refractivity contribution in [3.05, 3.63) is 56.8 Å². The molecule has 0 spiro atoms. The van der Waals surface area contributed by atoms with Crippen LogP contribution < -0.4 is 10.1 Å². The number of carbonyl (C=O) groups excluding carboxylic acids is 3. The summed E-state index contributed by atoms with van der Waals surface area (Å²) in [5, 5.41) is 3.86. The van der Waals surface area contributed by atoms with Gasteiger partial charge < -0.3 is 19.5 Å². The molecule has 3 aromatic rings. The second-order valence-electron chi connectivity index (χ2n) is 6.43. The number of amides is 1. The molecule has 0 atom stereocenters. The van der Waals surface area contributed by atoms with Crippen molar-refractivity contribution in [2.24, 2.45) is 0 Å². The number of anilines is 1. The third-order valence-electron chi connectivity index (χ3n) is 4.41. The van der Waals surface area contributed by atoms with E-state index in [1.54, 1.807) is 33.1 Å². The Labute approximate surface area is 197 Å². The minimum Gasteiger partial charge on any atom is -0.497 e. The summed E-state index contributed by atoms with van der Waals surface area (Å²) in [5.41, 5.74) is 0.472. The summed E-state index contributed by atoms with van der Waals surface area (Å²) in [5.74, 6) is -1.16. The number of carbonyl (C=O) groups is 3. The fourth-order valence-electron chi connectivity index (χ4n) is 2.93. The van der Waals surface area contributed by atoms with Crippen molar-refractivity contribution in [2.75, 3.05) is 25.6 Å². The monoisotopic (exact) mass is 493 g/mol. The molecule has 32 heavy (non-hydrogen) atoms. The SMILES string of the molecule is C=CCOC(=O)c1sc(NC(=O)c2sc3ccc(OC)cc3c2Cl)c(C(=O)OCC)c1C. The first-order valence-electron chi connectivity index (χ1n) is 9.48. The van der Waals surface area contributed by atoms with E-state index in [0.29, 0.717) is 16.7 Å². The van der Waals surface area contributed by atoms with Gasteiger partial charge in [-0.15, -0.1) is 22.7 Å². The van der Waals surface area contributed by atoms with E-state index in [1.165, 1.54) is 17.4 Å². The summed E-state index contributed by atoms with van der Waals surface area (Å²) in [7, 11) is 1.54. The molecular weight excluding hydrogens is 474 g/mol. The molecule has 10 heteroatoms. The Hall–Kier alpha value is -2.88. The van der Waals surface area contributed by atoms with E-state index in [4.69, 9.17) is 25.8 Å². The first-order valence-corrected chi connectivity index (χ1v) is 11.5. The largest absolute Gasteiger partial charge is 0.497 e. The maximum Gasteiger partial charge on any atom is 0.348 e. The zero-order valence-electron chi connectivity index (χ0n) is 17.6. The lowest BCUT2D eigenvalue weighted by molar-refractivity contribution is 0.0527. The minimum atomic E-state index is -0.647. The van der Waals surface area contributed by atoms with Gasteiger partial charge in [0.2, 0.25) is 0 Å². The normalized spacial score (nSPS) is 10.6. The highest BCUT2D eigenvalue weighted by atomic mass is 35.5. The number of halogens is 1. The smallest absolute Gasteiger partial charge is 0.348 e. The highest BCUT2D eigenvalue weighted by Crippen LogP contribution is 2.39. The number of thiophene rings is 2. The molecule has 0 aliphatic rings. The maximum absolute atomic E-state index is 13.1. The fourth-order valence-corrected chi connectivity index (χ4v) is 5.39. The van der Waals surface area contributed by atoms with E-state index in [-0.39, 0.29) is 38.6 Å². The molecule has 0 aliphatic carbocycles. The molecule has 1 N–H and O–H groups in total. The molecule has 0 saturated carbocycles. The Morgan fingerprint density at radius 1 is 1.16 bits per heavy atom. The zero-order chi connectivity index (χ0) is 23.4. The van der Waals surface area contributed by atoms with Crippen molar-refractivity contribution in [1.29, 1.82) is 0 Å². The quantitative estimate of drug-likeness (QED) is 0.319. The van der Waals surface area contributed by atoms with Gasteiger partial charge in [-0.05, 0) is 37.6 Å². The van der Waals surface area contributed by atoms with E-state index in [0.717, 1.165) is 16.0 Å². The topological polar surface area (TPSA) is 90.9 Å². The van der Waals surface area contributed by atoms with Crippen LogP contribution in [0.1, 0.15) is 42.2 Å². The molecule has 168 valence electrons. The van der Waals surface area contributed by atoms with Crippen molar-refractivity contribution >= 4 is 67.2 Å². The van der Waals surface area contributed by atoms with Crippen LogP contribution in [0, 0.1) is 6.92 Å². The number of nitrogens with one attached hydrogen (secondary N) is 1. The van der Waals surface area contributed by atoms with E-state index < -0.39 is 17.8 Å². The maximum atomic E-state index is 13.1. The van der Waals surface area contributed by atoms with Gasteiger partial charge in [0.1, 0.15) is 27.1 Å². The average Bonchev–Trinajstić information content (AvgIpc) is 3.28. The van der Waals surface area contributed by atoms with Crippen LogP contribution in [0.4, 0.5) is 5.00 Å². The van der Waals surface area contributed by atoms with Crippen molar-refractivity contribution in [3.63, 3.8) is 0 Å². The Kier molecular flexibility index (Phi) is 7.55. The molecule has 0 saturated heterocycles. The van der Waals surface area contributed by atoms with Gasteiger partial charge in [-0.2, -0.15) is 0 Å². The lowest BCUT2D eigenvalue weighted by Gasteiger charge is -2.06. The molecule has 0 bridgehead atoms. The van der Waals surface area contributed by atoms with Crippen LogP contribution in [0.25, 0.3) is 10.1 Å². The second-order valence-corrected chi connectivity index (χ2v) is 8.88. The molecule has 1 amide bonds. The molecular formula is C22H20ClNO6S2. The standard InChI is InChI=1S/C22H20ClNO6S2/c1-5-9-30-22(27)17-11(3)15(21(26)29-6-2)20(32-17)24-19(25)18-16(23)13-10-12(28-4)7-8-14(13)31-18/h5,7-8,10H,1,6,9H2,2-4H3,(H,24,25). The van der Waals surface area contributed by atoms with E-state index in [9.17, 15) is 14.4 Å². The first kappa shape index (κ1) is 23.8. The highest BCUT2D eigenvalue weighted by molar-refractivity contribution is 7.22. The van der Waals surface area contributed by atoms with Gasteiger partial charge >= 0.3 is 11.9 Å². The van der Waals surface area contributed by atoms with Gasteiger partial charge in [0, 0.05) is 10.1 Å². The highest BCUT2D eigenvalue weighted by Gasteiger charge is 2.28. The molecule has 2 aromatic heterocycles. The van der Waals surface area contributed by atoms with Gasteiger partial charge in [-0.1, -0.05) is 24.3 Å². The van der Waals surface area contributed by atoms with Crippen molar-refractivity contribution < 1.29 is 28.6 Å². The number of fused-ring (bicyclic) bond motifs is 1. The fraction of sp³-hybridized carbons (Fsp3) is 0.227. The summed E-state index contributed by atoms with van der Waals surface area (Å²) in [6.45, 7) is 6.94. The van der Waals surface area contributed by atoms with Crippen molar-refractivity contribution in [3.8, 4) is 5.75 Å². The van der Waals surface area contributed by atoms with Gasteiger partial charge in [0.25, 0.3) is 5.91 Å². The molecule has 1 aromatic carbocycles. The van der Waals surface area contributed by atoms with Crippen LogP contribution in [0.3, 0.4) is 0 Å². The summed E-state index contributed by atoms with van der Waals surface area (Å²) in [6.07, 6.45) is 1.44. The molecule has 0 fully saturated rings. The molecule has 0 radical (unpaired) electrons. The Balaban J connectivity index is 2.00. The molecule has 3 rings (SSSR count). The average molecular weight is 494 g/mol. The van der Waals surface area contributed by atoms with E-state index in [1.807, 2.05) is 6.07 Å². The van der Waals surface area contributed by atoms with Crippen LogP contribution in [0.2, 0.25) is 5.02 Å². The minimum absolute atomic E-state index is 0.0213. The van der Waals surface area contributed by atoms with Crippen LogP contribution >= 0.6 is 34.3 Å². The number of benzene rings is 1. The third kappa shape index (κ3) is 4.64. The van der Waals surface area contributed by atoms with Crippen LogP contribution in [0.15, 0.2) is 30.9 Å². The number of methoxy groups -OCH3 is 1. The lowest BCUT2D eigenvalue weighted by atomic mass is 10.1. The van der Waals surface area contributed by atoms with Crippen LogP contribution in [-0.4, -0.2) is 38.2 Å². The predicted molar refractivity (Wildman–Crippen MR) is 127 cm³/mol. The van der Waals surface area contributed by atoms with Gasteiger partial charge in [-0.25, -0.2) is 9.59 Å². The number of hydrogen-bond acceptors (Lipinski definition) is 8. The summed E-state index contributed by atoms with van der Waals surface area (Å²) >= 11 is 8.62. The van der Waals surface area contributed by atoms with E-state index >= 15 is 0 Å². The predicted octanol–water partition coefficient (Wildman–Crippen LogP) is 5.71. The Morgan fingerprint density at radius 2 is 1.91 bits per heavy atom. The summed E-state index contributed by atoms with van der Waals surface area (Å²) in [4.78, 5) is 38.5.